The maximum absolute atomic E-state index is 12.7. The zero-order valence-corrected chi connectivity index (χ0v) is 25.1. The monoisotopic (exact) mass is 585 g/mol. The molecule has 0 amide bonds. The summed E-state index contributed by atoms with van der Waals surface area (Å²) < 4.78 is 28.2. The molecule has 8 heteroatoms. The highest BCUT2D eigenvalue weighted by atomic mass is 16.5. The van der Waals surface area contributed by atoms with Crippen molar-refractivity contribution < 1.29 is 33.0 Å². The summed E-state index contributed by atoms with van der Waals surface area (Å²) in [7, 11) is 0. The Labute approximate surface area is 252 Å². The van der Waals surface area contributed by atoms with Gasteiger partial charge in [-0.1, -0.05) is 26.8 Å². The number of rotatable bonds is 16. The Morgan fingerprint density at radius 3 is 2.23 bits per heavy atom. The highest BCUT2D eigenvalue weighted by Gasteiger charge is 2.13. The lowest BCUT2D eigenvalue weighted by Gasteiger charge is -2.10. The van der Waals surface area contributed by atoms with Gasteiger partial charge in [0.05, 0.1) is 25.4 Å². The number of nitrogens with zero attached hydrogens (tertiary/aromatic N) is 1. The lowest BCUT2D eigenvalue weighted by atomic mass is 10.1. The molecule has 0 N–H and O–H groups in total. The molecule has 0 fully saturated rings. The van der Waals surface area contributed by atoms with Crippen LogP contribution in [0.15, 0.2) is 83.3 Å². The fourth-order valence-corrected chi connectivity index (χ4v) is 4.03. The van der Waals surface area contributed by atoms with E-state index in [-0.39, 0.29) is 5.97 Å². The van der Waals surface area contributed by atoms with Crippen LogP contribution in [0.5, 0.6) is 17.2 Å². The summed E-state index contributed by atoms with van der Waals surface area (Å²) in [5, 5.41) is 0. The first kappa shape index (κ1) is 31.3. The number of benzene rings is 3. The van der Waals surface area contributed by atoms with Crippen molar-refractivity contribution >= 4 is 23.0 Å². The van der Waals surface area contributed by atoms with E-state index in [9.17, 15) is 9.59 Å². The number of hydrogen-bond acceptors (Lipinski definition) is 8. The Bertz CT molecular complexity index is 1510. The Hall–Kier alpha value is -4.59. The van der Waals surface area contributed by atoms with Crippen molar-refractivity contribution in [1.82, 2.24) is 4.98 Å². The average molecular weight is 586 g/mol. The minimum atomic E-state index is -0.460. The van der Waals surface area contributed by atoms with E-state index in [1.54, 1.807) is 55.5 Å². The molecule has 8 nitrogen and oxygen atoms in total. The number of ether oxygens (including phenoxy) is 4. The first-order valence-corrected chi connectivity index (χ1v) is 14.7. The van der Waals surface area contributed by atoms with Crippen LogP contribution in [0.4, 0.5) is 0 Å². The van der Waals surface area contributed by atoms with Gasteiger partial charge in [0.25, 0.3) is 0 Å². The molecule has 0 aliphatic carbocycles. The SMILES string of the molecule is C=C(C)C(=O)OCCCCCCOc1ccc(C(=O)Oc2ccc(-c3nc4ccc(OC[C@@H](C)CC)cc4o3)cc2)cc1. The lowest BCUT2D eigenvalue weighted by Crippen LogP contribution is -2.08. The first-order chi connectivity index (χ1) is 20.8. The van der Waals surface area contributed by atoms with Crippen molar-refractivity contribution in [3.05, 3.63) is 84.4 Å². The van der Waals surface area contributed by atoms with E-state index in [0.29, 0.717) is 59.8 Å². The Morgan fingerprint density at radius 2 is 1.53 bits per heavy atom. The first-order valence-electron chi connectivity index (χ1n) is 14.7. The molecule has 1 heterocycles. The van der Waals surface area contributed by atoms with E-state index in [0.717, 1.165) is 48.9 Å². The lowest BCUT2D eigenvalue weighted by molar-refractivity contribution is -0.139. The molecule has 0 aliphatic rings. The van der Waals surface area contributed by atoms with E-state index >= 15 is 0 Å². The standard InChI is InChI=1S/C35H39NO7/c1-5-25(4)23-41-30-18-19-31-32(22-30)43-33(36-31)26-10-16-29(17-11-26)42-35(38)27-12-14-28(15-13-27)39-20-8-6-7-9-21-40-34(37)24(2)3/h10-19,22,25H,2,5-9,20-21,23H2,1,3-4H3/t25-/m0/s1. The van der Waals surface area contributed by atoms with Crippen molar-refractivity contribution in [3.8, 4) is 28.7 Å². The normalized spacial score (nSPS) is 11.6. The molecule has 1 aromatic heterocycles. The van der Waals surface area contributed by atoms with Crippen molar-refractivity contribution in [2.24, 2.45) is 5.92 Å². The van der Waals surface area contributed by atoms with Crippen molar-refractivity contribution in [2.75, 3.05) is 19.8 Å². The number of aromatic nitrogens is 1. The molecule has 0 aliphatic heterocycles. The van der Waals surface area contributed by atoms with Crippen LogP contribution in [0.3, 0.4) is 0 Å². The van der Waals surface area contributed by atoms with Crippen molar-refractivity contribution in [2.45, 2.75) is 52.9 Å². The summed E-state index contributed by atoms with van der Waals surface area (Å²) in [5.74, 6) is 2.01. The summed E-state index contributed by atoms with van der Waals surface area (Å²) in [4.78, 5) is 28.6. The molecule has 226 valence electrons. The summed E-state index contributed by atoms with van der Waals surface area (Å²) in [6.07, 6.45) is 4.66. The molecule has 4 rings (SSSR count). The third kappa shape index (κ3) is 9.46. The third-order valence-corrected chi connectivity index (χ3v) is 6.88. The van der Waals surface area contributed by atoms with Gasteiger partial charge in [0.15, 0.2) is 5.58 Å². The molecule has 0 spiro atoms. The number of unbranched alkanes of at least 4 members (excludes halogenated alkanes) is 3. The van der Waals surface area contributed by atoms with Crippen LogP contribution in [0.1, 0.15) is 63.2 Å². The number of hydrogen-bond donors (Lipinski definition) is 0. The average Bonchev–Trinajstić information content (AvgIpc) is 3.45. The molecule has 0 saturated heterocycles. The molecule has 0 saturated carbocycles. The minimum Gasteiger partial charge on any atom is -0.494 e. The summed E-state index contributed by atoms with van der Waals surface area (Å²) in [6, 6.07) is 19.5. The molecule has 0 bridgehead atoms. The van der Waals surface area contributed by atoms with Crippen LogP contribution in [0, 0.1) is 5.92 Å². The molecule has 4 aromatic rings. The van der Waals surface area contributed by atoms with E-state index < -0.39 is 5.97 Å². The largest absolute Gasteiger partial charge is 0.494 e. The molecular formula is C35H39NO7. The molecular weight excluding hydrogens is 546 g/mol. The van der Waals surface area contributed by atoms with Gasteiger partial charge in [-0.15, -0.1) is 0 Å². The van der Waals surface area contributed by atoms with E-state index in [2.05, 4.69) is 25.4 Å². The van der Waals surface area contributed by atoms with Crippen molar-refractivity contribution in [1.29, 1.82) is 0 Å². The highest BCUT2D eigenvalue weighted by Crippen LogP contribution is 2.29. The van der Waals surface area contributed by atoms with E-state index in [4.69, 9.17) is 23.4 Å². The van der Waals surface area contributed by atoms with Gasteiger partial charge in [-0.3, -0.25) is 0 Å². The maximum Gasteiger partial charge on any atom is 0.343 e. The molecule has 0 radical (unpaired) electrons. The second kappa shape index (κ2) is 15.6. The van der Waals surface area contributed by atoms with Crippen LogP contribution in [-0.4, -0.2) is 36.7 Å². The maximum atomic E-state index is 12.7. The zero-order chi connectivity index (χ0) is 30.6. The van der Waals surface area contributed by atoms with E-state index in [1.165, 1.54) is 0 Å². The number of carbonyl (C=O) groups is 2. The van der Waals surface area contributed by atoms with Gasteiger partial charge in [-0.05, 0) is 99.2 Å². The number of fused-ring (bicyclic) bond motifs is 1. The fraction of sp³-hybridized carbons (Fsp3) is 0.343. The predicted octanol–water partition coefficient (Wildman–Crippen LogP) is 8.20. The van der Waals surface area contributed by atoms with Crippen molar-refractivity contribution in [3.63, 3.8) is 0 Å². The second-order valence-corrected chi connectivity index (χ2v) is 10.6. The highest BCUT2D eigenvalue weighted by molar-refractivity contribution is 5.91. The smallest absolute Gasteiger partial charge is 0.343 e. The summed E-state index contributed by atoms with van der Waals surface area (Å²) in [6.45, 7) is 11.1. The van der Waals surface area contributed by atoms with Gasteiger partial charge in [-0.2, -0.15) is 0 Å². The van der Waals surface area contributed by atoms with Gasteiger partial charge < -0.3 is 23.4 Å². The van der Waals surface area contributed by atoms with Gasteiger partial charge in [0, 0.05) is 17.2 Å². The number of esters is 2. The topological polar surface area (TPSA) is 97.1 Å². The van der Waals surface area contributed by atoms with Crippen LogP contribution in [0.25, 0.3) is 22.6 Å². The Balaban J connectivity index is 1.21. The second-order valence-electron chi connectivity index (χ2n) is 10.6. The Kier molecular flexibility index (Phi) is 11.4. The fourth-order valence-electron chi connectivity index (χ4n) is 4.03. The number of carbonyl (C=O) groups excluding carboxylic acids is 2. The predicted molar refractivity (Wildman–Crippen MR) is 166 cm³/mol. The van der Waals surface area contributed by atoms with Gasteiger partial charge >= 0.3 is 11.9 Å². The minimum absolute atomic E-state index is 0.345. The molecule has 3 aromatic carbocycles. The molecule has 43 heavy (non-hydrogen) atoms. The number of oxazole rings is 1. The Morgan fingerprint density at radius 1 is 0.860 bits per heavy atom. The van der Waals surface area contributed by atoms with Crippen LogP contribution in [-0.2, 0) is 9.53 Å². The molecule has 1 atom stereocenters. The molecule has 0 unspecified atom stereocenters. The van der Waals surface area contributed by atoms with Gasteiger partial charge in [0.1, 0.15) is 22.8 Å². The quantitative estimate of drug-likeness (QED) is 0.0562. The van der Waals surface area contributed by atoms with Crippen LogP contribution in [0.2, 0.25) is 0 Å². The van der Waals surface area contributed by atoms with Crippen LogP contribution >= 0.6 is 0 Å². The zero-order valence-electron chi connectivity index (χ0n) is 25.1. The van der Waals surface area contributed by atoms with E-state index in [1.807, 2.05) is 18.2 Å². The third-order valence-electron chi connectivity index (χ3n) is 6.88. The van der Waals surface area contributed by atoms with Gasteiger partial charge in [-0.25, -0.2) is 14.6 Å². The summed E-state index contributed by atoms with van der Waals surface area (Å²) >= 11 is 0. The summed E-state index contributed by atoms with van der Waals surface area (Å²) in [5.41, 5.74) is 3.00. The van der Waals surface area contributed by atoms with Crippen LogP contribution < -0.4 is 14.2 Å². The van der Waals surface area contributed by atoms with Gasteiger partial charge in [0.2, 0.25) is 5.89 Å².